The Balaban J connectivity index is 2.21. The quantitative estimate of drug-likeness (QED) is 0.726. The van der Waals surface area contributed by atoms with Crippen LogP contribution in [0.4, 0.5) is 0 Å². The van der Waals surface area contributed by atoms with E-state index in [2.05, 4.69) is 6.19 Å². The maximum absolute atomic E-state index is 9.70. The van der Waals surface area contributed by atoms with Crippen molar-refractivity contribution in [1.82, 2.24) is 4.90 Å². The molecular weight excluding hydrogens is 368 g/mol. The molecule has 0 bridgehead atoms. The lowest BCUT2D eigenvalue weighted by molar-refractivity contribution is 0.300. The van der Waals surface area contributed by atoms with Crippen molar-refractivity contribution in [2.75, 3.05) is 35.0 Å². The van der Waals surface area contributed by atoms with Crippen molar-refractivity contribution in [3.05, 3.63) is 46.0 Å². The van der Waals surface area contributed by atoms with E-state index < -0.39 is 0 Å². The molecule has 0 saturated heterocycles. The SMILES string of the molecule is COc1cc(C2c3ccc(OC)c(OC)c3CCN2C#N)cc(Cl)c1OC. The van der Waals surface area contributed by atoms with Crippen molar-refractivity contribution < 1.29 is 18.9 Å². The fourth-order valence-electron chi connectivity index (χ4n) is 3.61. The van der Waals surface area contributed by atoms with Crippen molar-refractivity contribution in [1.29, 1.82) is 5.26 Å². The lowest BCUT2D eigenvalue weighted by Crippen LogP contribution is -2.32. The molecule has 1 aliphatic heterocycles. The molecule has 2 aromatic rings. The molecule has 1 atom stereocenters. The van der Waals surface area contributed by atoms with Crippen LogP contribution in [-0.2, 0) is 6.42 Å². The number of fused-ring (bicyclic) bond motifs is 1. The highest BCUT2D eigenvalue weighted by atomic mass is 35.5. The number of methoxy groups -OCH3 is 4. The fraction of sp³-hybridized carbons (Fsp3) is 0.350. The summed E-state index contributed by atoms with van der Waals surface area (Å²) in [4.78, 5) is 1.73. The topological polar surface area (TPSA) is 64.0 Å². The van der Waals surface area contributed by atoms with E-state index in [0.29, 0.717) is 41.0 Å². The van der Waals surface area contributed by atoms with E-state index in [1.165, 1.54) is 7.11 Å². The van der Waals surface area contributed by atoms with Gasteiger partial charge in [-0.25, -0.2) is 0 Å². The van der Waals surface area contributed by atoms with Crippen LogP contribution in [0.25, 0.3) is 0 Å². The van der Waals surface area contributed by atoms with E-state index in [0.717, 1.165) is 16.7 Å². The first-order chi connectivity index (χ1) is 13.1. The molecule has 0 N–H and O–H groups in total. The number of benzene rings is 2. The van der Waals surface area contributed by atoms with E-state index in [-0.39, 0.29) is 6.04 Å². The molecule has 0 aliphatic carbocycles. The molecular formula is C20H21ClN2O4. The molecule has 0 fully saturated rings. The van der Waals surface area contributed by atoms with Gasteiger partial charge in [0, 0.05) is 12.1 Å². The molecule has 6 nitrogen and oxygen atoms in total. The molecule has 27 heavy (non-hydrogen) atoms. The van der Waals surface area contributed by atoms with Crippen LogP contribution in [0, 0.1) is 11.5 Å². The Morgan fingerprint density at radius 1 is 1.00 bits per heavy atom. The van der Waals surface area contributed by atoms with Gasteiger partial charge in [-0.3, -0.25) is 4.90 Å². The standard InChI is InChI=1S/C20H21ClN2O4/c1-24-16-6-5-13-14(19(16)26-3)7-8-23(11-22)18(13)12-9-15(21)20(27-4)17(10-12)25-2/h5-6,9-10,18H,7-8H2,1-4H3. The normalized spacial score (nSPS) is 15.6. The first-order valence-corrected chi connectivity index (χ1v) is 8.78. The molecule has 3 rings (SSSR count). The second-order valence-electron chi connectivity index (χ2n) is 6.05. The number of ether oxygens (including phenoxy) is 4. The van der Waals surface area contributed by atoms with Crippen LogP contribution < -0.4 is 18.9 Å². The Labute approximate surface area is 163 Å². The van der Waals surface area contributed by atoms with Gasteiger partial charge in [0.1, 0.15) is 0 Å². The van der Waals surface area contributed by atoms with Crippen LogP contribution in [0.15, 0.2) is 24.3 Å². The second kappa shape index (κ2) is 7.85. The third-order valence-electron chi connectivity index (χ3n) is 4.79. The molecule has 0 radical (unpaired) electrons. The van der Waals surface area contributed by atoms with Gasteiger partial charge in [0.15, 0.2) is 29.2 Å². The van der Waals surface area contributed by atoms with E-state index >= 15 is 0 Å². The molecule has 0 amide bonds. The van der Waals surface area contributed by atoms with Gasteiger partial charge in [0.25, 0.3) is 0 Å². The zero-order chi connectivity index (χ0) is 19.6. The first kappa shape index (κ1) is 19.0. The Hall–Kier alpha value is -2.78. The highest BCUT2D eigenvalue weighted by molar-refractivity contribution is 6.32. The number of nitriles is 1. The lowest BCUT2D eigenvalue weighted by Gasteiger charge is -2.35. The predicted molar refractivity (Wildman–Crippen MR) is 102 cm³/mol. The van der Waals surface area contributed by atoms with Gasteiger partial charge in [0.2, 0.25) is 0 Å². The lowest BCUT2D eigenvalue weighted by atomic mass is 9.87. The first-order valence-electron chi connectivity index (χ1n) is 8.41. The maximum Gasteiger partial charge on any atom is 0.180 e. The zero-order valence-electron chi connectivity index (χ0n) is 15.7. The second-order valence-corrected chi connectivity index (χ2v) is 6.46. The van der Waals surface area contributed by atoms with E-state index in [4.69, 9.17) is 30.5 Å². The Morgan fingerprint density at radius 2 is 1.70 bits per heavy atom. The summed E-state index contributed by atoms with van der Waals surface area (Å²) >= 11 is 6.41. The highest BCUT2D eigenvalue weighted by Crippen LogP contribution is 2.45. The van der Waals surface area contributed by atoms with Gasteiger partial charge in [-0.05, 0) is 35.7 Å². The van der Waals surface area contributed by atoms with Gasteiger partial charge in [0.05, 0.1) is 39.5 Å². The third-order valence-corrected chi connectivity index (χ3v) is 5.07. The third kappa shape index (κ3) is 3.19. The summed E-state index contributed by atoms with van der Waals surface area (Å²) in [5.41, 5.74) is 2.84. The number of hydrogen-bond acceptors (Lipinski definition) is 6. The van der Waals surface area contributed by atoms with Gasteiger partial charge in [-0.15, -0.1) is 0 Å². The largest absolute Gasteiger partial charge is 0.493 e. The summed E-state index contributed by atoms with van der Waals surface area (Å²) in [5.74, 6) is 2.36. The molecule has 1 heterocycles. The summed E-state index contributed by atoms with van der Waals surface area (Å²) in [7, 11) is 6.33. The minimum absolute atomic E-state index is 0.309. The monoisotopic (exact) mass is 388 g/mol. The molecule has 0 spiro atoms. The van der Waals surface area contributed by atoms with Crippen molar-refractivity contribution in [2.24, 2.45) is 0 Å². The average Bonchev–Trinajstić information content (AvgIpc) is 2.70. The fourth-order valence-corrected chi connectivity index (χ4v) is 3.91. The smallest absolute Gasteiger partial charge is 0.180 e. The van der Waals surface area contributed by atoms with Crippen molar-refractivity contribution in [3.8, 4) is 29.2 Å². The molecule has 2 aromatic carbocycles. The van der Waals surface area contributed by atoms with Crippen LogP contribution in [0.5, 0.6) is 23.0 Å². The molecule has 0 saturated carbocycles. The van der Waals surface area contributed by atoms with Crippen LogP contribution in [0.2, 0.25) is 5.02 Å². The number of hydrogen-bond donors (Lipinski definition) is 0. The summed E-state index contributed by atoms with van der Waals surface area (Å²) in [5, 5.41) is 10.1. The number of rotatable bonds is 5. The number of nitrogens with zero attached hydrogens (tertiary/aromatic N) is 2. The average molecular weight is 389 g/mol. The maximum atomic E-state index is 9.70. The van der Waals surface area contributed by atoms with Crippen LogP contribution >= 0.6 is 11.6 Å². The zero-order valence-corrected chi connectivity index (χ0v) is 16.5. The Morgan fingerprint density at radius 3 is 2.30 bits per heavy atom. The van der Waals surface area contributed by atoms with Gasteiger partial charge in [-0.2, -0.15) is 5.26 Å². The molecule has 1 aliphatic rings. The molecule has 1 unspecified atom stereocenters. The molecule has 7 heteroatoms. The van der Waals surface area contributed by atoms with E-state index in [1.54, 1.807) is 26.2 Å². The van der Waals surface area contributed by atoms with Gasteiger partial charge < -0.3 is 18.9 Å². The Kier molecular flexibility index (Phi) is 5.52. The van der Waals surface area contributed by atoms with Gasteiger partial charge >= 0.3 is 0 Å². The van der Waals surface area contributed by atoms with E-state index in [9.17, 15) is 5.26 Å². The summed E-state index contributed by atoms with van der Waals surface area (Å²) in [6, 6.07) is 7.18. The summed E-state index contributed by atoms with van der Waals surface area (Å²) < 4.78 is 21.8. The predicted octanol–water partition coefficient (Wildman–Crippen LogP) is 3.80. The summed E-state index contributed by atoms with van der Waals surface area (Å²) in [6.07, 6.45) is 2.97. The van der Waals surface area contributed by atoms with Crippen LogP contribution in [0.3, 0.4) is 0 Å². The van der Waals surface area contributed by atoms with Crippen molar-refractivity contribution in [2.45, 2.75) is 12.5 Å². The molecule has 0 aromatic heterocycles. The van der Waals surface area contributed by atoms with Gasteiger partial charge in [-0.1, -0.05) is 17.7 Å². The summed E-state index contributed by atoms with van der Waals surface area (Å²) in [6.45, 7) is 0.559. The minimum Gasteiger partial charge on any atom is -0.493 e. The Bertz CT molecular complexity index is 895. The number of halogens is 1. The molecule has 142 valence electrons. The van der Waals surface area contributed by atoms with E-state index in [1.807, 2.05) is 24.3 Å². The highest BCUT2D eigenvalue weighted by Gasteiger charge is 2.32. The van der Waals surface area contributed by atoms with Crippen molar-refractivity contribution in [3.63, 3.8) is 0 Å². The van der Waals surface area contributed by atoms with Crippen molar-refractivity contribution >= 4 is 11.6 Å². The minimum atomic E-state index is -0.309. The van der Waals surface area contributed by atoms with Crippen LogP contribution in [-0.4, -0.2) is 39.9 Å². The van der Waals surface area contributed by atoms with Crippen LogP contribution in [0.1, 0.15) is 22.7 Å².